The van der Waals surface area contributed by atoms with E-state index in [1.807, 2.05) is 13.0 Å². The topological polar surface area (TPSA) is 41.1 Å². The van der Waals surface area contributed by atoms with Crippen molar-refractivity contribution in [3.8, 4) is 0 Å². The summed E-state index contributed by atoms with van der Waals surface area (Å²) in [6.45, 7) is 8.62. The molecule has 4 heteroatoms. The Balaban J connectivity index is 1.76. The summed E-state index contributed by atoms with van der Waals surface area (Å²) in [5.41, 5.74) is 3.41. The van der Waals surface area contributed by atoms with Gasteiger partial charge < -0.3 is 10.2 Å². The van der Waals surface area contributed by atoms with Crippen molar-refractivity contribution in [2.75, 3.05) is 23.3 Å². The maximum Gasteiger partial charge on any atom is 0.227 e. The van der Waals surface area contributed by atoms with E-state index in [0.717, 1.165) is 48.6 Å². The SMILES string of the molecule is CCc1ccc(Nc2cc(C)nc(N3CCC(C)CC3)n2)cc1. The maximum absolute atomic E-state index is 4.72. The Kier molecular flexibility index (Phi) is 4.79. The van der Waals surface area contributed by atoms with Crippen LogP contribution in [0.2, 0.25) is 0 Å². The second-order valence-electron chi connectivity index (χ2n) is 6.54. The zero-order valence-electron chi connectivity index (χ0n) is 14.3. The van der Waals surface area contributed by atoms with Crippen LogP contribution in [-0.4, -0.2) is 23.1 Å². The number of hydrogen-bond acceptors (Lipinski definition) is 4. The number of nitrogens with zero attached hydrogens (tertiary/aromatic N) is 3. The van der Waals surface area contributed by atoms with Crippen molar-refractivity contribution in [3.05, 3.63) is 41.6 Å². The van der Waals surface area contributed by atoms with E-state index in [-0.39, 0.29) is 0 Å². The van der Waals surface area contributed by atoms with Gasteiger partial charge in [0.2, 0.25) is 5.95 Å². The zero-order valence-corrected chi connectivity index (χ0v) is 14.3. The molecule has 1 aliphatic heterocycles. The van der Waals surface area contributed by atoms with Crippen molar-refractivity contribution < 1.29 is 0 Å². The lowest BCUT2D eigenvalue weighted by atomic mass is 10.00. The van der Waals surface area contributed by atoms with Crippen molar-refractivity contribution in [1.29, 1.82) is 0 Å². The summed E-state index contributed by atoms with van der Waals surface area (Å²) >= 11 is 0. The molecule has 0 spiro atoms. The number of aryl methyl sites for hydroxylation is 2. The largest absolute Gasteiger partial charge is 0.341 e. The van der Waals surface area contributed by atoms with Crippen molar-refractivity contribution in [3.63, 3.8) is 0 Å². The Morgan fingerprint density at radius 1 is 1.13 bits per heavy atom. The van der Waals surface area contributed by atoms with Gasteiger partial charge in [-0.3, -0.25) is 0 Å². The van der Waals surface area contributed by atoms with Crippen LogP contribution in [0.15, 0.2) is 30.3 Å². The fourth-order valence-electron chi connectivity index (χ4n) is 2.94. The van der Waals surface area contributed by atoms with Crippen molar-refractivity contribution >= 4 is 17.5 Å². The van der Waals surface area contributed by atoms with Crippen LogP contribution in [0, 0.1) is 12.8 Å². The van der Waals surface area contributed by atoms with E-state index < -0.39 is 0 Å². The lowest BCUT2D eigenvalue weighted by Gasteiger charge is -2.30. The number of nitrogens with one attached hydrogen (secondary N) is 1. The van der Waals surface area contributed by atoms with E-state index in [9.17, 15) is 0 Å². The van der Waals surface area contributed by atoms with Gasteiger partial charge in [-0.05, 0) is 49.8 Å². The van der Waals surface area contributed by atoms with E-state index in [1.165, 1.54) is 18.4 Å². The number of rotatable bonds is 4. The first-order valence-electron chi connectivity index (χ1n) is 8.60. The summed E-state index contributed by atoms with van der Waals surface area (Å²) in [5.74, 6) is 2.53. The Morgan fingerprint density at radius 3 is 2.48 bits per heavy atom. The Hall–Kier alpha value is -2.10. The molecule has 0 unspecified atom stereocenters. The highest BCUT2D eigenvalue weighted by Crippen LogP contribution is 2.23. The van der Waals surface area contributed by atoms with E-state index in [4.69, 9.17) is 4.98 Å². The number of aromatic nitrogens is 2. The minimum absolute atomic E-state index is 0.811. The molecule has 1 aromatic heterocycles. The highest BCUT2D eigenvalue weighted by molar-refractivity contribution is 5.58. The van der Waals surface area contributed by atoms with Crippen LogP contribution >= 0.6 is 0 Å². The van der Waals surface area contributed by atoms with E-state index in [2.05, 4.69) is 53.3 Å². The molecule has 0 atom stereocenters. The fourth-order valence-corrected chi connectivity index (χ4v) is 2.94. The summed E-state index contributed by atoms with van der Waals surface area (Å²) in [6, 6.07) is 10.5. The normalized spacial score (nSPS) is 15.7. The molecule has 2 heterocycles. The smallest absolute Gasteiger partial charge is 0.227 e. The van der Waals surface area contributed by atoms with E-state index >= 15 is 0 Å². The van der Waals surface area contributed by atoms with Gasteiger partial charge in [-0.15, -0.1) is 0 Å². The number of hydrogen-bond donors (Lipinski definition) is 1. The fraction of sp³-hybridized carbons (Fsp3) is 0.474. The van der Waals surface area contributed by atoms with E-state index in [1.54, 1.807) is 0 Å². The second kappa shape index (κ2) is 6.99. The molecule has 1 saturated heterocycles. The van der Waals surface area contributed by atoms with Gasteiger partial charge >= 0.3 is 0 Å². The molecule has 3 rings (SSSR count). The summed E-state index contributed by atoms with van der Waals surface area (Å²) in [7, 11) is 0. The molecule has 0 radical (unpaired) electrons. The molecule has 0 saturated carbocycles. The Bertz CT molecular complexity index is 643. The molecule has 23 heavy (non-hydrogen) atoms. The van der Waals surface area contributed by atoms with Crippen LogP contribution < -0.4 is 10.2 Å². The Morgan fingerprint density at radius 2 is 1.83 bits per heavy atom. The van der Waals surface area contributed by atoms with Crippen LogP contribution in [0.25, 0.3) is 0 Å². The zero-order chi connectivity index (χ0) is 16.2. The van der Waals surface area contributed by atoms with Crippen molar-refractivity contribution in [1.82, 2.24) is 9.97 Å². The number of benzene rings is 1. The molecule has 122 valence electrons. The summed E-state index contributed by atoms with van der Waals surface area (Å²) in [6.07, 6.45) is 3.50. The minimum atomic E-state index is 0.811. The molecular formula is C19H26N4. The van der Waals surface area contributed by atoms with Gasteiger partial charge in [-0.2, -0.15) is 4.98 Å². The molecule has 1 aliphatic rings. The quantitative estimate of drug-likeness (QED) is 0.912. The number of anilines is 3. The standard InChI is InChI=1S/C19H26N4/c1-4-16-5-7-17(8-6-16)21-18-13-15(3)20-19(22-18)23-11-9-14(2)10-12-23/h5-8,13-14H,4,9-12H2,1-3H3,(H,20,21,22). The molecule has 1 aromatic carbocycles. The maximum atomic E-state index is 4.72. The molecule has 1 N–H and O–H groups in total. The van der Waals surface area contributed by atoms with Crippen LogP contribution in [0.1, 0.15) is 37.9 Å². The third-order valence-electron chi connectivity index (χ3n) is 4.54. The monoisotopic (exact) mass is 310 g/mol. The van der Waals surface area contributed by atoms with Gasteiger partial charge in [0, 0.05) is 30.5 Å². The molecule has 0 bridgehead atoms. The van der Waals surface area contributed by atoms with Gasteiger partial charge in [-0.25, -0.2) is 4.98 Å². The average molecular weight is 310 g/mol. The molecule has 0 amide bonds. The first-order valence-corrected chi connectivity index (χ1v) is 8.60. The lowest BCUT2D eigenvalue weighted by molar-refractivity contribution is 0.434. The first-order chi connectivity index (χ1) is 11.1. The van der Waals surface area contributed by atoms with Crippen LogP contribution in [0.3, 0.4) is 0 Å². The number of piperidine rings is 1. The average Bonchev–Trinajstić information content (AvgIpc) is 2.56. The van der Waals surface area contributed by atoms with Crippen LogP contribution in [0.5, 0.6) is 0 Å². The summed E-state index contributed by atoms with van der Waals surface area (Å²) in [4.78, 5) is 11.7. The van der Waals surface area contributed by atoms with Gasteiger partial charge in [0.05, 0.1) is 0 Å². The van der Waals surface area contributed by atoms with Crippen molar-refractivity contribution in [2.24, 2.45) is 5.92 Å². The highest BCUT2D eigenvalue weighted by Gasteiger charge is 2.18. The van der Waals surface area contributed by atoms with Crippen LogP contribution in [0.4, 0.5) is 17.5 Å². The highest BCUT2D eigenvalue weighted by atomic mass is 15.3. The minimum Gasteiger partial charge on any atom is -0.341 e. The van der Waals surface area contributed by atoms with Gasteiger partial charge in [0.25, 0.3) is 0 Å². The van der Waals surface area contributed by atoms with E-state index in [0.29, 0.717) is 0 Å². The van der Waals surface area contributed by atoms with Gasteiger partial charge in [-0.1, -0.05) is 26.0 Å². The third kappa shape index (κ3) is 4.01. The molecule has 1 fully saturated rings. The second-order valence-corrected chi connectivity index (χ2v) is 6.54. The summed E-state index contributed by atoms with van der Waals surface area (Å²) in [5, 5.41) is 3.41. The first kappa shape index (κ1) is 15.8. The Labute approximate surface area is 139 Å². The molecular weight excluding hydrogens is 284 g/mol. The molecule has 4 nitrogen and oxygen atoms in total. The summed E-state index contributed by atoms with van der Waals surface area (Å²) < 4.78 is 0. The lowest BCUT2D eigenvalue weighted by Crippen LogP contribution is -2.34. The molecule has 2 aromatic rings. The third-order valence-corrected chi connectivity index (χ3v) is 4.54. The van der Waals surface area contributed by atoms with Gasteiger partial charge in [0.15, 0.2) is 0 Å². The molecule has 0 aliphatic carbocycles. The van der Waals surface area contributed by atoms with Crippen molar-refractivity contribution in [2.45, 2.75) is 40.0 Å². The van der Waals surface area contributed by atoms with Gasteiger partial charge in [0.1, 0.15) is 5.82 Å². The van der Waals surface area contributed by atoms with Crippen LogP contribution in [-0.2, 0) is 6.42 Å². The predicted octanol–water partition coefficient (Wildman–Crippen LogP) is 4.33. The predicted molar refractivity (Wildman–Crippen MR) is 96.5 cm³/mol.